The summed E-state index contributed by atoms with van der Waals surface area (Å²) in [6, 6.07) is 0. The highest BCUT2D eigenvalue weighted by Crippen LogP contribution is 2.23. The molecular weight excluding hydrogens is 242 g/mol. The van der Waals surface area contributed by atoms with E-state index in [1.54, 1.807) is 13.4 Å². The second-order valence-corrected chi connectivity index (χ2v) is 4.25. The number of hydrogen-bond donors (Lipinski definition) is 2. The van der Waals surface area contributed by atoms with E-state index in [1.165, 1.54) is 0 Å². The highest BCUT2D eigenvalue weighted by atomic mass is 16.1. The zero-order chi connectivity index (χ0) is 14.3. The first kappa shape index (κ1) is 15.2. The number of carbonyl (C=O) groups excluding carboxylic acids is 1. The molecule has 0 unspecified atom stereocenters. The lowest BCUT2D eigenvalue weighted by molar-refractivity contribution is -0.120. The summed E-state index contributed by atoms with van der Waals surface area (Å²) in [5.41, 5.74) is 1.09. The number of carbonyl (C=O) groups is 1. The minimum Gasteiger partial charge on any atom is -0.370 e. The van der Waals surface area contributed by atoms with Crippen molar-refractivity contribution in [2.45, 2.75) is 26.7 Å². The van der Waals surface area contributed by atoms with Gasteiger partial charge in [0, 0.05) is 39.2 Å². The summed E-state index contributed by atoms with van der Waals surface area (Å²) in [5.74, 6) is 1.80. The van der Waals surface area contributed by atoms with Gasteiger partial charge in [-0.1, -0.05) is 6.92 Å². The molecule has 0 aliphatic heterocycles. The van der Waals surface area contributed by atoms with Gasteiger partial charge in [-0.2, -0.15) is 0 Å². The topological polar surface area (TPSA) is 70.2 Å². The summed E-state index contributed by atoms with van der Waals surface area (Å²) in [7, 11) is 3.59. The predicted octanol–water partition coefficient (Wildman–Crippen LogP) is 1.04. The van der Waals surface area contributed by atoms with E-state index >= 15 is 0 Å². The number of anilines is 2. The SMILES string of the molecule is CCNc1ncnc(N(C)CCC(=O)NC)c1CC. The Balaban J connectivity index is 2.86. The molecule has 2 N–H and O–H groups in total. The van der Waals surface area contributed by atoms with Gasteiger partial charge in [0.25, 0.3) is 0 Å². The molecule has 106 valence electrons. The van der Waals surface area contributed by atoms with Crippen molar-refractivity contribution < 1.29 is 4.79 Å². The molecule has 0 radical (unpaired) electrons. The summed E-state index contributed by atoms with van der Waals surface area (Å²) >= 11 is 0. The van der Waals surface area contributed by atoms with E-state index in [1.807, 2.05) is 18.9 Å². The molecule has 1 heterocycles. The van der Waals surface area contributed by atoms with Gasteiger partial charge < -0.3 is 15.5 Å². The van der Waals surface area contributed by atoms with Crippen LogP contribution in [-0.2, 0) is 11.2 Å². The van der Waals surface area contributed by atoms with Crippen LogP contribution in [-0.4, -0.2) is 43.1 Å². The van der Waals surface area contributed by atoms with Gasteiger partial charge in [-0.3, -0.25) is 4.79 Å². The van der Waals surface area contributed by atoms with Gasteiger partial charge in [-0.05, 0) is 13.3 Å². The Morgan fingerprint density at radius 1 is 1.37 bits per heavy atom. The van der Waals surface area contributed by atoms with Crippen LogP contribution in [0.3, 0.4) is 0 Å². The fourth-order valence-corrected chi connectivity index (χ4v) is 1.88. The normalized spacial score (nSPS) is 10.1. The van der Waals surface area contributed by atoms with Crippen LogP contribution >= 0.6 is 0 Å². The molecule has 19 heavy (non-hydrogen) atoms. The van der Waals surface area contributed by atoms with Gasteiger partial charge >= 0.3 is 0 Å². The third-order valence-corrected chi connectivity index (χ3v) is 2.94. The van der Waals surface area contributed by atoms with Crippen LogP contribution in [0.2, 0.25) is 0 Å². The smallest absolute Gasteiger partial charge is 0.221 e. The van der Waals surface area contributed by atoms with Crippen molar-refractivity contribution in [3.8, 4) is 0 Å². The Kier molecular flexibility index (Phi) is 6.05. The lowest BCUT2D eigenvalue weighted by Gasteiger charge is -2.21. The van der Waals surface area contributed by atoms with Crippen LogP contribution in [0.4, 0.5) is 11.6 Å². The van der Waals surface area contributed by atoms with E-state index in [9.17, 15) is 4.79 Å². The zero-order valence-corrected chi connectivity index (χ0v) is 12.2. The predicted molar refractivity (Wildman–Crippen MR) is 77.5 cm³/mol. The molecule has 0 aliphatic rings. The Labute approximate surface area is 114 Å². The van der Waals surface area contributed by atoms with E-state index < -0.39 is 0 Å². The molecule has 0 bridgehead atoms. The summed E-state index contributed by atoms with van der Waals surface area (Å²) in [4.78, 5) is 21.9. The first-order valence-corrected chi connectivity index (χ1v) is 6.63. The molecule has 0 spiro atoms. The lowest BCUT2D eigenvalue weighted by Crippen LogP contribution is -2.27. The van der Waals surface area contributed by atoms with E-state index in [0.29, 0.717) is 13.0 Å². The number of amides is 1. The quantitative estimate of drug-likeness (QED) is 0.771. The molecule has 6 nitrogen and oxygen atoms in total. The molecular formula is C13H23N5O. The minimum absolute atomic E-state index is 0.0332. The van der Waals surface area contributed by atoms with Gasteiger partial charge in [-0.15, -0.1) is 0 Å². The molecule has 0 fully saturated rings. The first-order valence-electron chi connectivity index (χ1n) is 6.63. The number of nitrogens with zero attached hydrogens (tertiary/aromatic N) is 3. The average Bonchev–Trinajstić information content (AvgIpc) is 2.44. The summed E-state index contributed by atoms with van der Waals surface area (Å²) in [5, 5.41) is 5.86. The highest BCUT2D eigenvalue weighted by Gasteiger charge is 2.13. The molecule has 0 saturated heterocycles. The van der Waals surface area contributed by atoms with Gasteiger partial charge in [0.1, 0.15) is 18.0 Å². The molecule has 0 aliphatic carbocycles. The summed E-state index contributed by atoms with van der Waals surface area (Å²) < 4.78 is 0. The fraction of sp³-hybridized carbons (Fsp3) is 0.615. The van der Waals surface area contributed by atoms with Gasteiger partial charge in [0.15, 0.2) is 0 Å². The molecule has 1 amide bonds. The van der Waals surface area contributed by atoms with Crippen molar-refractivity contribution >= 4 is 17.5 Å². The van der Waals surface area contributed by atoms with Crippen LogP contribution in [0.5, 0.6) is 0 Å². The van der Waals surface area contributed by atoms with Crippen LogP contribution < -0.4 is 15.5 Å². The Morgan fingerprint density at radius 3 is 2.68 bits per heavy atom. The van der Waals surface area contributed by atoms with Crippen molar-refractivity contribution in [3.05, 3.63) is 11.9 Å². The molecule has 0 aromatic carbocycles. The third kappa shape index (κ3) is 4.08. The number of hydrogen-bond acceptors (Lipinski definition) is 5. The largest absolute Gasteiger partial charge is 0.370 e. The van der Waals surface area contributed by atoms with Crippen molar-refractivity contribution in [3.63, 3.8) is 0 Å². The maximum absolute atomic E-state index is 11.3. The summed E-state index contributed by atoms with van der Waals surface area (Å²) in [6.45, 7) is 5.58. The number of nitrogens with one attached hydrogen (secondary N) is 2. The van der Waals surface area contributed by atoms with Crippen molar-refractivity contribution in [1.29, 1.82) is 0 Å². The molecule has 1 rings (SSSR count). The monoisotopic (exact) mass is 265 g/mol. The molecule has 0 atom stereocenters. The van der Waals surface area contributed by atoms with E-state index in [-0.39, 0.29) is 5.91 Å². The zero-order valence-electron chi connectivity index (χ0n) is 12.2. The van der Waals surface area contributed by atoms with Crippen LogP contribution in [0, 0.1) is 0 Å². The van der Waals surface area contributed by atoms with Crippen molar-refractivity contribution in [2.75, 3.05) is 37.4 Å². The number of aromatic nitrogens is 2. The van der Waals surface area contributed by atoms with Crippen molar-refractivity contribution in [2.24, 2.45) is 0 Å². The molecule has 1 aromatic heterocycles. The van der Waals surface area contributed by atoms with E-state index in [0.717, 1.165) is 30.2 Å². The average molecular weight is 265 g/mol. The van der Waals surface area contributed by atoms with Crippen LogP contribution in [0.1, 0.15) is 25.8 Å². The molecule has 6 heteroatoms. The number of rotatable bonds is 7. The maximum Gasteiger partial charge on any atom is 0.221 e. The molecule has 1 aromatic rings. The maximum atomic E-state index is 11.3. The molecule has 0 saturated carbocycles. The fourth-order valence-electron chi connectivity index (χ4n) is 1.88. The second kappa shape index (κ2) is 7.56. The van der Waals surface area contributed by atoms with Gasteiger partial charge in [0.05, 0.1) is 0 Å². The first-order chi connectivity index (χ1) is 9.13. The Bertz CT molecular complexity index is 421. The Hall–Kier alpha value is -1.85. The summed E-state index contributed by atoms with van der Waals surface area (Å²) in [6.07, 6.45) is 2.86. The standard InChI is InChI=1S/C13H23N5O/c1-5-10-12(15-6-2)16-9-17-13(10)18(4)8-7-11(19)14-3/h9H,5-8H2,1-4H3,(H,14,19)(H,15,16,17). The highest BCUT2D eigenvalue weighted by molar-refractivity contribution is 5.76. The van der Waals surface area contributed by atoms with E-state index in [4.69, 9.17) is 0 Å². The van der Waals surface area contributed by atoms with Crippen molar-refractivity contribution in [1.82, 2.24) is 15.3 Å². The Morgan fingerprint density at radius 2 is 2.11 bits per heavy atom. The second-order valence-electron chi connectivity index (χ2n) is 4.25. The van der Waals surface area contributed by atoms with E-state index in [2.05, 4.69) is 27.5 Å². The van der Waals surface area contributed by atoms with Crippen LogP contribution in [0.15, 0.2) is 6.33 Å². The minimum atomic E-state index is 0.0332. The van der Waals surface area contributed by atoms with Gasteiger partial charge in [-0.25, -0.2) is 9.97 Å². The van der Waals surface area contributed by atoms with Crippen LogP contribution in [0.25, 0.3) is 0 Å². The lowest BCUT2D eigenvalue weighted by atomic mass is 10.2. The third-order valence-electron chi connectivity index (χ3n) is 2.94. The van der Waals surface area contributed by atoms with Gasteiger partial charge in [0.2, 0.25) is 5.91 Å².